The van der Waals surface area contributed by atoms with Crippen LogP contribution in [0.3, 0.4) is 0 Å². The third kappa shape index (κ3) is 17.7. The molecule has 14 bridgehead atoms. The summed E-state index contributed by atoms with van der Waals surface area (Å²) in [5.41, 5.74) is 6.29. The molecule has 42 nitrogen and oxygen atoms in total. The molecular formula is C56H88N2O40. The number of nitrogens with one attached hydrogen (secondary N) is 1. The Morgan fingerprint density at radius 2 is 0.592 bits per heavy atom. The quantitative estimate of drug-likeness (QED) is 0.0769. The lowest BCUT2D eigenvalue weighted by molar-refractivity contribution is -0.396. The first-order valence-corrected chi connectivity index (χ1v) is 31.0. The topological polar surface area (TPSA) is 673 Å². The molecular weight excluding hydrogens is 1340 g/mol. The zero-order valence-corrected chi connectivity index (χ0v) is 51.9. The molecule has 0 unspecified atom stereocenters. The van der Waals surface area contributed by atoms with Crippen LogP contribution in [0.25, 0.3) is 0 Å². The maximum absolute atomic E-state index is 11.8. The third-order valence-electron chi connectivity index (χ3n) is 17.6. The zero-order chi connectivity index (χ0) is 71.9. The smallest absolute Gasteiger partial charge is 0.328 e. The van der Waals surface area contributed by atoms with Gasteiger partial charge in [-0.3, -0.25) is 9.59 Å². The highest BCUT2D eigenvalue weighted by atomic mass is 16.8. The number of amides is 1. The molecule has 21 heterocycles. The molecule has 0 spiro atoms. The van der Waals surface area contributed by atoms with Gasteiger partial charge in [0.05, 0.1) is 65.8 Å². The van der Waals surface area contributed by atoms with Crippen LogP contribution < -0.4 is 11.1 Å². The van der Waals surface area contributed by atoms with Gasteiger partial charge >= 0.3 is 11.9 Å². The molecule has 21 saturated heterocycles. The maximum atomic E-state index is 11.8. The highest BCUT2D eigenvalue weighted by Gasteiger charge is 2.60. The van der Waals surface area contributed by atoms with E-state index in [0.29, 0.717) is 0 Å². The van der Waals surface area contributed by atoms with Crippen molar-refractivity contribution >= 4 is 17.8 Å². The molecule has 0 aromatic heterocycles. The number of methoxy groups -OCH3 is 1. The Hall–Kier alpha value is -3.81. The van der Waals surface area contributed by atoms with Gasteiger partial charge in [0.15, 0.2) is 44.0 Å². The van der Waals surface area contributed by atoms with Crippen molar-refractivity contribution in [3.05, 3.63) is 35.9 Å². The van der Waals surface area contributed by atoms with E-state index in [1.54, 1.807) is 12.1 Å². The maximum Gasteiger partial charge on any atom is 0.328 e. The van der Waals surface area contributed by atoms with Gasteiger partial charge < -0.3 is 194 Å². The standard InChI is InChI=1S/C42H70O35.C14H18N2O5/c43-1-8-29-15(50)22(57)36(64-8)72-30-9(2-44)66-38(24(59)17(30)52)74-32-11(4-46)68-40(26(61)19(32)54)76-34-13(6-48)70-42(28(63)21(34)56)77-35-14(7-49)69-41(27(62)20(35)55)75-33-12(5-47)67-39(25(60)18(33)53)73-31-10(3-45)65-37(71-29)23(58)16(31)51;1-21-14(20)11(7-9-5-3-2-4-6-9)16-13(19)10(15)8-12(17)18/h8-63H,1-7H2;2-6,10-11H,7-8,15H2,1H3,(H,16,19)(H,17,18)/t8-,9-,10-,11-,12-,13-,14-,15-,16-,17-,18-,19-,20-,21-,22-,23-,24-,25-,26-,27-,28-,29-,30-,31-,32-,33-,34-,35-,36-,37-,38-,39-,40-,41-,42-;10-,11-/m10/s1. The Labute approximate surface area is 554 Å². The predicted molar refractivity (Wildman–Crippen MR) is 303 cm³/mol. The van der Waals surface area contributed by atoms with Crippen LogP contribution in [0, 0.1) is 0 Å². The van der Waals surface area contributed by atoms with E-state index >= 15 is 0 Å². The van der Waals surface area contributed by atoms with E-state index in [1.807, 2.05) is 18.2 Å². The lowest BCUT2D eigenvalue weighted by Crippen LogP contribution is -2.68. The summed E-state index contributed by atoms with van der Waals surface area (Å²) < 4.78 is 84.1. The summed E-state index contributed by atoms with van der Waals surface area (Å²) in [5.74, 6) is -2.51. The minimum absolute atomic E-state index is 0.235. The number of nitrogens with two attached hydrogens (primary N) is 1. The van der Waals surface area contributed by atoms with Crippen LogP contribution in [0.5, 0.6) is 0 Å². The van der Waals surface area contributed by atoms with Gasteiger partial charge in [-0.2, -0.15) is 0 Å². The molecule has 1 amide bonds. The van der Waals surface area contributed by atoms with Crippen molar-refractivity contribution < 1.29 is 198 Å². The van der Waals surface area contributed by atoms with Gasteiger partial charge in [0.25, 0.3) is 0 Å². The lowest BCUT2D eigenvalue weighted by Gasteiger charge is -2.50. The molecule has 25 N–H and O–H groups in total. The van der Waals surface area contributed by atoms with Gasteiger partial charge in [-0.25, -0.2) is 4.79 Å². The van der Waals surface area contributed by atoms with Crippen LogP contribution in [-0.2, 0) is 91.9 Å². The normalized spacial score (nSPS) is 46.3. The minimum atomic E-state index is -2.21. The summed E-state index contributed by atoms with van der Waals surface area (Å²) in [6, 6.07) is 6.93. The molecule has 0 radical (unpaired) electrons. The van der Waals surface area contributed by atoms with E-state index in [1.165, 1.54) is 7.11 Å². The molecule has 1 aromatic rings. The van der Waals surface area contributed by atoms with Gasteiger partial charge in [0.1, 0.15) is 177 Å². The molecule has 0 aliphatic carbocycles. The van der Waals surface area contributed by atoms with Gasteiger partial charge in [0.2, 0.25) is 5.91 Å². The highest BCUT2D eigenvalue weighted by molar-refractivity contribution is 5.89. The molecule has 0 saturated carbocycles. The first kappa shape index (κ1) is 79.9. The molecule has 42 heteroatoms. The van der Waals surface area contributed by atoms with Gasteiger partial charge in [-0.05, 0) is 5.56 Å². The van der Waals surface area contributed by atoms with Crippen molar-refractivity contribution in [1.29, 1.82) is 0 Å². The van der Waals surface area contributed by atoms with E-state index in [0.717, 1.165) is 5.56 Å². The summed E-state index contributed by atoms with van der Waals surface area (Å²) in [5, 5.41) is 241. The highest BCUT2D eigenvalue weighted by Crippen LogP contribution is 2.39. The first-order valence-electron chi connectivity index (χ1n) is 31.0. The molecule has 21 aliphatic rings. The number of rotatable bonds is 14. The molecule has 37 atom stereocenters. The Bertz CT molecular complexity index is 2270. The number of aliphatic hydroxyl groups excluding tert-OH is 21. The second-order valence-electron chi connectivity index (χ2n) is 24.1. The van der Waals surface area contributed by atoms with Gasteiger partial charge in [0, 0.05) is 6.42 Å². The molecule has 562 valence electrons. The molecule has 1 aromatic carbocycles. The second-order valence-corrected chi connectivity index (χ2v) is 24.1. The van der Waals surface area contributed by atoms with E-state index in [9.17, 15) is 122 Å². The number of hydrogen-bond acceptors (Lipinski definition) is 40. The average Bonchev–Trinajstić information content (AvgIpc) is 0.779. The van der Waals surface area contributed by atoms with Crippen LogP contribution in [0.1, 0.15) is 12.0 Å². The number of aliphatic carboxylic acids is 1. The fourth-order valence-electron chi connectivity index (χ4n) is 12.2. The molecule has 21 aliphatic heterocycles. The molecule has 22 rings (SSSR count). The fraction of sp³-hybridized carbons (Fsp3) is 0.839. The third-order valence-corrected chi connectivity index (χ3v) is 17.6. The van der Waals surface area contributed by atoms with Crippen molar-refractivity contribution in [3.63, 3.8) is 0 Å². The Balaban J connectivity index is 0.000000498. The van der Waals surface area contributed by atoms with Crippen LogP contribution in [-0.4, -0.2) is 411 Å². The van der Waals surface area contributed by atoms with Crippen molar-refractivity contribution in [2.75, 3.05) is 53.4 Å². The summed E-state index contributed by atoms with van der Waals surface area (Å²) in [6.45, 7) is -7.33. The number of carboxylic acids is 1. The SMILES string of the molecule is COC(=O)[C@H](Cc1ccccc1)NC(=O)[C@@H](N)CC(=O)O.OC[C@H]1O[C@@H]2O[C@H]3[C@H](O)[C@@H](O)[C@@H](O[C@H]4[C@H](O)[C@@H](O)[C@@H](O[C@H]5[C@H](O)[C@@H](O)[C@@H](O[C@H]6[C@H](O)[C@@H](O)[C@@H](O[C@H]7[C@H](O)[C@@H](O)[C@@H](O[C@H]8[C@H](O)[C@@H](O)[C@@H](O[C@H]1[C@H](O)[C@H]2O)O[C@@H]8CO)O[C@@H]7CO)O[C@@H]6CO)O[C@@H]5CO)O[C@@H]4CO)O[C@@H]3CO. The van der Waals surface area contributed by atoms with Gasteiger partial charge in [-0.1, -0.05) is 30.3 Å². The van der Waals surface area contributed by atoms with E-state index in [2.05, 4.69) is 10.1 Å². The van der Waals surface area contributed by atoms with Crippen LogP contribution in [0.2, 0.25) is 0 Å². The van der Waals surface area contributed by atoms with Gasteiger partial charge in [-0.15, -0.1) is 0 Å². The lowest BCUT2D eigenvalue weighted by atomic mass is 9.95. The summed E-state index contributed by atoms with van der Waals surface area (Å²) in [7, 11) is 1.21. The number of carbonyl (C=O) groups is 3. The fourth-order valence-corrected chi connectivity index (χ4v) is 12.2. The van der Waals surface area contributed by atoms with Crippen molar-refractivity contribution in [2.24, 2.45) is 5.73 Å². The van der Waals surface area contributed by atoms with Crippen LogP contribution in [0.15, 0.2) is 30.3 Å². The second kappa shape index (κ2) is 35.6. The predicted octanol–water partition coefficient (Wildman–Crippen LogP) is -15.5. The Morgan fingerprint density at radius 1 is 0.378 bits per heavy atom. The number of carboxylic acid groups (broad SMARTS) is 1. The molecule has 21 fully saturated rings. The van der Waals surface area contributed by atoms with Crippen molar-refractivity contribution in [1.82, 2.24) is 5.32 Å². The monoisotopic (exact) mass is 1430 g/mol. The van der Waals surface area contributed by atoms with E-state index in [-0.39, 0.29) is 6.42 Å². The van der Waals surface area contributed by atoms with Crippen molar-refractivity contribution in [2.45, 2.75) is 240 Å². The number of esters is 1. The zero-order valence-electron chi connectivity index (χ0n) is 51.9. The van der Waals surface area contributed by atoms with Crippen LogP contribution >= 0.6 is 0 Å². The molecule has 98 heavy (non-hydrogen) atoms. The number of hydrogen-bond donors (Lipinski definition) is 24. The Morgan fingerprint density at radius 3 is 0.776 bits per heavy atom. The first-order chi connectivity index (χ1) is 46.6. The average molecular weight is 1430 g/mol. The number of aliphatic hydroxyl groups is 21. The summed E-state index contributed by atoms with van der Waals surface area (Å²) in [4.78, 5) is 34.0. The Kier molecular flexibility index (Phi) is 29.0. The number of benzene rings is 1. The number of carbonyl (C=O) groups excluding carboxylic acids is 2. The summed E-state index contributed by atoms with van der Waals surface area (Å²) in [6.07, 6.45) is -70.5. The summed E-state index contributed by atoms with van der Waals surface area (Å²) >= 11 is 0. The van der Waals surface area contributed by atoms with E-state index < -0.39 is 298 Å². The largest absolute Gasteiger partial charge is 0.481 e. The number of ether oxygens (including phenoxy) is 15. The van der Waals surface area contributed by atoms with E-state index in [4.69, 9.17) is 77.2 Å². The van der Waals surface area contributed by atoms with Crippen molar-refractivity contribution in [3.8, 4) is 0 Å². The minimum Gasteiger partial charge on any atom is -0.481 e. The van der Waals surface area contributed by atoms with Crippen LogP contribution in [0.4, 0.5) is 0 Å².